The van der Waals surface area contributed by atoms with Gasteiger partial charge in [-0.25, -0.2) is 4.98 Å². The van der Waals surface area contributed by atoms with Gasteiger partial charge in [0.15, 0.2) is 0 Å². The van der Waals surface area contributed by atoms with Crippen LogP contribution in [0, 0.1) is 5.92 Å². The van der Waals surface area contributed by atoms with Crippen LogP contribution in [0.3, 0.4) is 0 Å². The molecule has 0 bridgehead atoms. The summed E-state index contributed by atoms with van der Waals surface area (Å²) >= 11 is 7.33. The highest BCUT2D eigenvalue weighted by Crippen LogP contribution is 2.23. The molecule has 90 valence electrons. The highest BCUT2D eigenvalue weighted by atomic mass is 35.5. The van der Waals surface area contributed by atoms with Crippen molar-refractivity contribution in [1.29, 1.82) is 0 Å². The number of nitrogens with one attached hydrogen (secondary N) is 1. The van der Waals surface area contributed by atoms with Gasteiger partial charge in [0, 0.05) is 6.54 Å². The Balaban J connectivity index is 1.64. The lowest BCUT2D eigenvalue weighted by atomic mass is 9.87. The van der Waals surface area contributed by atoms with Gasteiger partial charge in [0.2, 0.25) is 0 Å². The normalized spacial score (nSPS) is 25.9. The van der Waals surface area contributed by atoms with Gasteiger partial charge < -0.3 is 10.4 Å². The van der Waals surface area contributed by atoms with Crippen molar-refractivity contribution in [3.63, 3.8) is 0 Å². The molecule has 0 radical (unpaired) electrons. The number of aliphatic hydroxyl groups is 1. The molecule has 5 heteroatoms. The second-order valence-corrected chi connectivity index (χ2v) is 6.11. The van der Waals surface area contributed by atoms with Gasteiger partial charge in [-0.3, -0.25) is 0 Å². The molecule has 0 amide bonds. The van der Waals surface area contributed by atoms with Crippen LogP contribution in [0.5, 0.6) is 0 Å². The van der Waals surface area contributed by atoms with E-state index in [1.54, 1.807) is 6.20 Å². The number of nitrogens with zero attached hydrogens (tertiary/aromatic N) is 1. The Morgan fingerprint density at radius 1 is 1.44 bits per heavy atom. The molecule has 1 aliphatic rings. The van der Waals surface area contributed by atoms with Gasteiger partial charge in [0.05, 0.1) is 12.3 Å². The number of hydrogen-bond acceptors (Lipinski definition) is 4. The first-order chi connectivity index (χ1) is 7.74. The van der Waals surface area contributed by atoms with Gasteiger partial charge in [0.1, 0.15) is 9.34 Å². The van der Waals surface area contributed by atoms with Gasteiger partial charge >= 0.3 is 0 Å². The summed E-state index contributed by atoms with van der Waals surface area (Å²) in [6.45, 7) is 1.82. The molecule has 16 heavy (non-hydrogen) atoms. The van der Waals surface area contributed by atoms with Crippen LogP contribution in [0.15, 0.2) is 6.20 Å². The molecule has 0 spiro atoms. The van der Waals surface area contributed by atoms with E-state index in [2.05, 4.69) is 10.3 Å². The van der Waals surface area contributed by atoms with Crippen molar-refractivity contribution in [3.05, 3.63) is 15.5 Å². The molecule has 3 nitrogen and oxygen atoms in total. The summed E-state index contributed by atoms with van der Waals surface area (Å²) in [6.07, 6.45) is 5.80. The number of rotatable bonds is 4. The molecule has 1 saturated carbocycles. The molecule has 2 N–H and O–H groups in total. The Kier molecular flexibility index (Phi) is 4.58. The summed E-state index contributed by atoms with van der Waals surface area (Å²) in [5.41, 5.74) is 0. The van der Waals surface area contributed by atoms with Gasteiger partial charge in [-0.15, -0.1) is 11.3 Å². The van der Waals surface area contributed by atoms with Crippen molar-refractivity contribution in [3.8, 4) is 0 Å². The first kappa shape index (κ1) is 12.3. The molecule has 0 aliphatic heterocycles. The average molecular weight is 261 g/mol. The molecule has 1 fully saturated rings. The molecule has 0 saturated heterocycles. The minimum Gasteiger partial charge on any atom is -0.393 e. The highest BCUT2D eigenvalue weighted by molar-refractivity contribution is 7.15. The third kappa shape index (κ3) is 3.70. The lowest BCUT2D eigenvalue weighted by Crippen LogP contribution is -2.27. The molecule has 0 atom stereocenters. The zero-order chi connectivity index (χ0) is 11.4. The van der Waals surface area contributed by atoms with Crippen molar-refractivity contribution < 1.29 is 5.11 Å². The second kappa shape index (κ2) is 5.96. The SMILES string of the molecule is OC1CCC(CNCc2ncc(Cl)s2)CC1. The maximum atomic E-state index is 9.39. The Hall–Kier alpha value is -0.160. The molecule has 1 aromatic rings. The summed E-state index contributed by atoms with van der Waals surface area (Å²) < 4.78 is 0.748. The van der Waals surface area contributed by atoms with E-state index in [-0.39, 0.29) is 6.10 Å². The predicted octanol–water partition coefficient (Wildman–Crippen LogP) is 2.44. The number of thiazole rings is 1. The predicted molar refractivity (Wildman–Crippen MR) is 66.8 cm³/mol. The van der Waals surface area contributed by atoms with Crippen molar-refractivity contribution in [2.75, 3.05) is 6.54 Å². The smallest absolute Gasteiger partial charge is 0.113 e. The minimum absolute atomic E-state index is 0.0611. The number of hydrogen-bond donors (Lipinski definition) is 2. The van der Waals surface area contributed by atoms with E-state index in [9.17, 15) is 5.11 Å². The minimum atomic E-state index is -0.0611. The molecular weight excluding hydrogens is 244 g/mol. The fraction of sp³-hybridized carbons (Fsp3) is 0.727. The van der Waals surface area contributed by atoms with Crippen LogP contribution in [0.2, 0.25) is 4.34 Å². The largest absolute Gasteiger partial charge is 0.393 e. The average Bonchev–Trinajstić information content (AvgIpc) is 2.67. The fourth-order valence-electron chi connectivity index (χ4n) is 2.10. The monoisotopic (exact) mass is 260 g/mol. The summed E-state index contributed by atoms with van der Waals surface area (Å²) in [5.74, 6) is 0.707. The van der Waals surface area contributed by atoms with Crippen LogP contribution in [-0.2, 0) is 6.54 Å². The van der Waals surface area contributed by atoms with Crippen molar-refractivity contribution >= 4 is 22.9 Å². The lowest BCUT2D eigenvalue weighted by Gasteiger charge is -2.25. The van der Waals surface area contributed by atoms with E-state index >= 15 is 0 Å². The molecule has 1 heterocycles. The fourth-order valence-corrected chi connectivity index (χ4v) is 3.03. The topological polar surface area (TPSA) is 45.1 Å². The first-order valence-electron chi connectivity index (χ1n) is 5.73. The van der Waals surface area contributed by atoms with Gasteiger partial charge in [-0.05, 0) is 38.1 Å². The van der Waals surface area contributed by atoms with E-state index in [1.165, 1.54) is 11.3 Å². The van der Waals surface area contributed by atoms with Crippen LogP contribution in [-0.4, -0.2) is 22.7 Å². The molecule has 0 aromatic carbocycles. The molecule has 1 aliphatic carbocycles. The number of aliphatic hydroxyl groups excluding tert-OH is 1. The van der Waals surface area contributed by atoms with E-state index < -0.39 is 0 Å². The third-order valence-corrected chi connectivity index (χ3v) is 4.17. The molecule has 2 rings (SSSR count). The Bertz CT molecular complexity index is 324. The van der Waals surface area contributed by atoms with Gasteiger partial charge in [0.25, 0.3) is 0 Å². The Morgan fingerprint density at radius 2 is 2.19 bits per heavy atom. The third-order valence-electron chi connectivity index (χ3n) is 3.05. The maximum absolute atomic E-state index is 9.39. The lowest BCUT2D eigenvalue weighted by molar-refractivity contribution is 0.108. The summed E-state index contributed by atoms with van der Waals surface area (Å²) in [5, 5.41) is 13.8. The standard InChI is InChI=1S/C11H17ClN2OS/c12-10-6-14-11(16-10)7-13-5-8-1-3-9(15)4-2-8/h6,8-9,13,15H,1-5,7H2. The van der Waals surface area contributed by atoms with Crippen LogP contribution in [0.1, 0.15) is 30.7 Å². The zero-order valence-electron chi connectivity index (χ0n) is 9.16. The van der Waals surface area contributed by atoms with Crippen LogP contribution < -0.4 is 5.32 Å². The summed E-state index contributed by atoms with van der Waals surface area (Å²) in [4.78, 5) is 4.19. The Morgan fingerprint density at radius 3 is 2.81 bits per heavy atom. The first-order valence-corrected chi connectivity index (χ1v) is 6.92. The van der Waals surface area contributed by atoms with Crippen molar-refractivity contribution in [2.24, 2.45) is 5.92 Å². The quantitative estimate of drug-likeness (QED) is 0.874. The van der Waals surface area contributed by atoms with Gasteiger partial charge in [-0.2, -0.15) is 0 Å². The highest BCUT2D eigenvalue weighted by Gasteiger charge is 2.18. The summed E-state index contributed by atoms with van der Waals surface area (Å²) in [6, 6.07) is 0. The number of halogens is 1. The zero-order valence-corrected chi connectivity index (χ0v) is 10.7. The molecule has 0 unspecified atom stereocenters. The molecule has 1 aromatic heterocycles. The summed E-state index contributed by atoms with van der Waals surface area (Å²) in [7, 11) is 0. The molecular formula is C11H17ClN2OS. The van der Waals surface area contributed by atoms with E-state index in [0.717, 1.165) is 48.1 Å². The van der Waals surface area contributed by atoms with E-state index in [1.807, 2.05) is 0 Å². The van der Waals surface area contributed by atoms with Crippen molar-refractivity contribution in [2.45, 2.75) is 38.3 Å². The maximum Gasteiger partial charge on any atom is 0.113 e. The number of aromatic nitrogens is 1. The Labute approximate surface area is 105 Å². The van der Waals surface area contributed by atoms with E-state index in [0.29, 0.717) is 5.92 Å². The van der Waals surface area contributed by atoms with Crippen molar-refractivity contribution in [1.82, 2.24) is 10.3 Å². The van der Waals surface area contributed by atoms with E-state index in [4.69, 9.17) is 11.6 Å². The van der Waals surface area contributed by atoms with Crippen LogP contribution >= 0.6 is 22.9 Å². The van der Waals surface area contributed by atoms with Gasteiger partial charge in [-0.1, -0.05) is 11.6 Å². The van der Waals surface area contributed by atoms with Crippen LogP contribution in [0.4, 0.5) is 0 Å². The second-order valence-electron chi connectivity index (χ2n) is 4.36. The van der Waals surface area contributed by atoms with Crippen LogP contribution in [0.25, 0.3) is 0 Å².